The minimum absolute atomic E-state index is 0.351. The maximum Gasteiger partial charge on any atom is 0.126 e. The predicted molar refractivity (Wildman–Crippen MR) is 81.2 cm³/mol. The Balaban J connectivity index is 2.20. The third kappa shape index (κ3) is 3.87. The van der Waals surface area contributed by atoms with Crippen molar-refractivity contribution in [1.29, 1.82) is 0 Å². The van der Waals surface area contributed by atoms with Crippen LogP contribution >= 0.6 is 34.2 Å². The molecule has 0 aromatic heterocycles. The minimum Gasteiger partial charge on any atom is -0.324 e. The van der Waals surface area contributed by atoms with E-state index in [2.05, 4.69) is 22.6 Å². The van der Waals surface area contributed by atoms with Crippen LogP contribution in [0.5, 0.6) is 0 Å². The van der Waals surface area contributed by atoms with E-state index in [1.807, 2.05) is 12.1 Å². The maximum atomic E-state index is 13.1. The Morgan fingerprint density at radius 2 is 1.74 bits per heavy atom. The molecular weight excluding hydrogens is 383 g/mol. The van der Waals surface area contributed by atoms with Crippen molar-refractivity contribution >= 4 is 34.2 Å². The lowest BCUT2D eigenvalue weighted by atomic mass is 9.99. The van der Waals surface area contributed by atoms with Crippen molar-refractivity contribution in [3.63, 3.8) is 0 Å². The van der Waals surface area contributed by atoms with Crippen molar-refractivity contribution in [2.45, 2.75) is 12.5 Å². The molecule has 0 saturated heterocycles. The zero-order valence-electron chi connectivity index (χ0n) is 9.84. The molecule has 0 amide bonds. The van der Waals surface area contributed by atoms with Crippen LogP contribution in [-0.4, -0.2) is 0 Å². The van der Waals surface area contributed by atoms with E-state index in [4.69, 9.17) is 17.3 Å². The van der Waals surface area contributed by atoms with Crippen LogP contribution in [0.3, 0.4) is 0 Å². The van der Waals surface area contributed by atoms with Crippen LogP contribution < -0.4 is 5.73 Å². The molecule has 1 atom stereocenters. The number of hydrogen-bond donors (Lipinski definition) is 1. The molecule has 2 N–H and O–H groups in total. The lowest BCUT2D eigenvalue weighted by Crippen LogP contribution is -2.13. The van der Waals surface area contributed by atoms with Gasteiger partial charge in [-0.3, -0.25) is 0 Å². The molecule has 0 heterocycles. The molecule has 0 radical (unpaired) electrons. The fourth-order valence-corrected chi connectivity index (χ4v) is 2.37. The Morgan fingerprint density at radius 3 is 2.32 bits per heavy atom. The molecule has 2 aromatic carbocycles. The molecule has 0 fully saturated rings. The Morgan fingerprint density at radius 1 is 1.11 bits per heavy atom. The zero-order valence-corrected chi connectivity index (χ0v) is 12.8. The molecule has 2 aromatic rings. The van der Waals surface area contributed by atoms with Gasteiger partial charge in [0.1, 0.15) is 11.6 Å². The van der Waals surface area contributed by atoms with Crippen molar-refractivity contribution in [2.24, 2.45) is 5.73 Å². The number of halogens is 4. The van der Waals surface area contributed by atoms with Crippen LogP contribution in [0.2, 0.25) is 5.02 Å². The number of benzene rings is 2. The molecule has 1 unspecified atom stereocenters. The second-order valence-electron chi connectivity index (χ2n) is 4.26. The molecule has 19 heavy (non-hydrogen) atoms. The number of nitrogens with two attached hydrogens (primary N) is 1. The SMILES string of the molecule is NC(Cc1cc(F)cc(F)c1)c1ccc(I)c(Cl)c1. The standard InChI is InChI=1S/C14H11ClF2IN/c15-12-6-9(1-2-13(12)18)14(19)5-8-3-10(16)7-11(17)4-8/h1-4,6-7,14H,5,19H2. The van der Waals surface area contributed by atoms with Gasteiger partial charge in [-0.2, -0.15) is 0 Å². The fourth-order valence-electron chi connectivity index (χ4n) is 1.84. The summed E-state index contributed by atoms with van der Waals surface area (Å²) >= 11 is 8.15. The molecule has 0 bridgehead atoms. The predicted octanol–water partition coefficient (Wildman–Crippen LogP) is 4.47. The van der Waals surface area contributed by atoms with Crippen molar-refractivity contribution in [1.82, 2.24) is 0 Å². The summed E-state index contributed by atoms with van der Waals surface area (Å²) in [7, 11) is 0. The summed E-state index contributed by atoms with van der Waals surface area (Å²) in [5.74, 6) is -1.19. The van der Waals surface area contributed by atoms with Gasteiger partial charge in [-0.1, -0.05) is 17.7 Å². The Labute approximate surface area is 128 Å². The number of hydrogen-bond acceptors (Lipinski definition) is 1. The van der Waals surface area contributed by atoms with Crippen molar-refractivity contribution in [3.05, 3.63) is 67.8 Å². The first-order chi connectivity index (χ1) is 8.95. The van der Waals surface area contributed by atoms with Crippen LogP contribution in [0.4, 0.5) is 8.78 Å². The highest BCUT2D eigenvalue weighted by molar-refractivity contribution is 14.1. The van der Waals surface area contributed by atoms with Gasteiger partial charge in [0.15, 0.2) is 0 Å². The molecule has 1 nitrogen and oxygen atoms in total. The smallest absolute Gasteiger partial charge is 0.126 e. The molecule has 0 aliphatic rings. The molecular formula is C14H11ClF2IN. The maximum absolute atomic E-state index is 13.1. The second-order valence-corrected chi connectivity index (χ2v) is 5.83. The monoisotopic (exact) mass is 393 g/mol. The first-order valence-corrected chi connectivity index (χ1v) is 7.07. The van der Waals surface area contributed by atoms with E-state index < -0.39 is 11.6 Å². The highest BCUT2D eigenvalue weighted by Crippen LogP contribution is 2.24. The van der Waals surface area contributed by atoms with E-state index in [9.17, 15) is 8.78 Å². The van der Waals surface area contributed by atoms with Gasteiger partial charge in [-0.05, 0) is 64.4 Å². The molecule has 100 valence electrons. The zero-order chi connectivity index (χ0) is 14.0. The minimum atomic E-state index is -0.595. The van der Waals surface area contributed by atoms with Gasteiger partial charge in [0.05, 0.1) is 5.02 Å². The van der Waals surface area contributed by atoms with E-state index in [1.165, 1.54) is 12.1 Å². The van der Waals surface area contributed by atoms with Crippen molar-refractivity contribution in [2.75, 3.05) is 0 Å². The van der Waals surface area contributed by atoms with Crippen LogP contribution in [-0.2, 0) is 6.42 Å². The summed E-state index contributed by atoms with van der Waals surface area (Å²) < 4.78 is 27.1. The topological polar surface area (TPSA) is 26.0 Å². The average Bonchev–Trinajstić information content (AvgIpc) is 2.31. The summed E-state index contributed by atoms with van der Waals surface area (Å²) in [5, 5.41) is 0.624. The molecule has 5 heteroatoms. The van der Waals surface area contributed by atoms with Crippen molar-refractivity contribution < 1.29 is 8.78 Å². The third-order valence-corrected chi connectivity index (χ3v) is 4.32. The highest BCUT2D eigenvalue weighted by Gasteiger charge is 2.10. The van der Waals surface area contributed by atoms with E-state index in [0.29, 0.717) is 17.0 Å². The Kier molecular flexibility index (Phi) is 4.76. The Bertz CT molecular complexity index is 584. The van der Waals surface area contributed by atoms with Gasteiger partial charge in [-0.25, -0.2) is 8.78 Å². The molecule has 0 spiro atoms. The fraction of sp³-hybridized carbons (Fsp3) is 0.143. The van der Waals surface area contributed by atoms with Gasteiger partial charge >= 0.3 is 0 Å². The molecule has 2 rings (SSSR count). The van der Waals surface area contributed by atoms with E-state index in [0.717, 1.165) is 15.2 Å². The third-order valence-electron chi connectivity index (χ3n) is 2.75. The molecule has 0 aliphatic heterocycles. The van der Waals surface area contributed by atoms with Gasteiger partial charge in [0, 0.05) is 15.7 Å². The molecule has 0 saturated carbocycles. The largest absolute Gasteiger partial charge is 0.324 e. The van der Waals surface area contributed by atoms with Crippen molar-refractivity contribution in [3.8, 4) is 0 Å². The average molecular weight is 394 g/mol. The molecule has 0 aliphatic carbocycles. The summed E-state index contributed by atoms with van der Waals surface area (Å²) in [4.78, 5) is 0. The van der Waals surface area contributed by atoms with Crippen LogP contribution in [0, 0.1) is 15.2 Å². The van der Waals surface area contributed by atoms with Crippen LogP contribution in [0.1, 0.15) is 17.2 Å². The highest BCUT2D eigenvalue weighted by atomic mass is 127. The lowest BCUT2D eigenvalue weighted by Gasteiger charge is -2.13. The van der Waals surface area contributed by atoms with Crippen LogP contribution in [0.15, 0.2) is 36.4 Å². The second kappa shape index (κ2) is 6.15. The quantitative estimate of drug-likeness (QED) is 0.765. The van der Waals surface area contributed by atoms with E-state index in [1.54, 1.807) is 6.07 Å². The lowest BCUT2D eigenvalue weighted by molar-refractivity contribution is 0.576. The van der Waals surface area contributed by atoms with Gasteiger partial charge in [0.2, 0.25) is 0 Å². The van der Waals surface area contributed by atoms with Gasteiger partial charge in [-0.15, -0.1) is 0 Å². The van der Waals surface area contributed by atoms with E-state index >= 15 is 0 Å². The summed E-state index contributed by atoms with van der Waals surface area (Å²) in [6, 6.07) is 8.59. The number of rotatable bonds is 3. The summed E-state index contributed by atoms with van der Waals surface area (Å²) in [6.45, 7) is 0. The van der Waals surface area contributed by atoms with E-state index in [-0.39, 0.29) is 6.04 Å². The first-order valence-electron chi connectivity index (χ1n) is 5.61. The first kappa shape index (κ1) is 14.7. The van der Waals surface area contributed by atoms with Gasteiger partial charge < -0.3 is 5.73 Å². The Hall–Kier alpha value is -0.720. The normalized spacial score (nSPS) is 12.5. The summed E-state index contributed by atoms with van der Waals surface area (Å²) in [5.41, 5.74) is 7.41. The summed E-state index contributed by atoms with van der Waals surface area (Å²) in [6.07, 6.45) is 0.353. The van der Waals surface area contributed by atoms with Crippen LogP contribution in [0.25, 0.3) is 0 Å². The van der Waals surface area contributed by atoms with Gasteiger partial charge in [0.25, 0.3) is 0 Å².